The number of ether oxygens (including phenoxy) is 1. The molecule has 1 aromatic rings. The summed E-state index contributed by atoms with van der Waals surface area (Å²) >= 11 is 0. The zero-order valence-corrected chi connectivity index (χ0v) is 16.9. The highest BCUT2D eigenvalue weighted by Crippen LogP contribution is 2.26. The van der Waals surface area contributed by atoms with Crippen molar-refractivity contribution >= 4 is 28.3 Å². The van der Waals surface area contributed by atoms with Gasteiger partial charge in [0.05, 0.1) is 18.1 Å². The van der Waals surface area contributed by atoms with Crippen LogP contribution < -0.4 is 5.32 Å². The van der Waals surface area contributed by atoms with Crippen molar-refractivity contribution in [2.75, 3.05) is 45.9 Å². The van der Waals surface area contributed by atoms with Gasteiger partial charge in [-0.05, 0) is 42.5 Å². The minimum absolute atomic E-state index is 0. The molecule has 2 saturated heterocycles. The molecule has 0 spiro atoms. The molecule has 0 bridgehead atoms. The number of rotatable bonds is 3. The summed E-state index contributed by atoms with van der Waals surface area (Å²) in [5.41, 5.74) is 2.42. The fraction of sp³-hybridized carbons (Fsp3) is 0.611. The Labute approximate surface area is 166 Å². The summed E-state index contributed by atoms with van der Waals surface area (Å²) in [7, 11) is -3.50. The van der Waals surface area contributed by atoms with Crippen LogP contribution in [-0.4, -0.2) is 75.5 Å². The third-order valence-electron chi connectivity index (χ3n) is 5.48. The lowest BCUT2D eigenvalue weighted by atomic mass is 10.1. The maximum Gasteiger partial charge on any atom is 0.243 e. The molecule has 9 heteroatoms. The first kappa shape index (κ1) is 20.5. The van der Waals surface area contributed by atoms with E-state index in [9.17, 15) is 13.2 Å². The minimum atomic E-state index is -3.50. The lowest BCUT2D eigenvalue weighted by Crippen LogP contribution is -2.57. The Morgan fingerprint density at radius 1 is 1.11 bits per heavy atom. The van der Waals surface area contributed by atoms with Gasteiger partial charge in [0, 0.05) is 32.7 Å². The highest BCUT2D eigenvalue weighted by Gasteiger charge is 2.33. The Morgan fingerprint density at radius 2 is 1.85 bits per heavy atom. The average molecular weight is 416 g/mol. The van der Waals surface area contributed by atoms with Crippen LogP contribution in [-0.2, 0) is 32.4 Å². The van der Waals surface area contributed by atoms with Gasteiger partial charge in [-0.25, -0.2) is 8.42 Å². The number of carbonyl (C=O) groups is 1. The van der Waals surface area contributed by atoms with E-state index >= 15 is 0 Å². The number of fused-ring (bicyclic) bond motifs is 1. The van der Waals surface area contributed by atoms with Gasteiger partial charge in [-0.2, -0.15) is 4.31 Å². The number of hydrogen-bond donors (Lipinski definition) is 1. The van der Waals surface area contributed by atoms with Crippen LogP contribution in [0.25, 0.3) is 0 Å². The number of sulfonamides is 1. The van der Waals surface area contributed by atoms with Gasteiger partial charge in [0.15, 0.2) is 0 Å². The first-order chi connectivity index (χ1) is 12.6. The van der Waals surface area contributed by atoms with Crippen molar-refractivity contribution in [2.24, 2.45) is 0 Å². The summed E-state index contributed by atoms with van der Waals surface area (Å²) in [4.78, 5) is 14.6. The van der Waals surface area contributed by atoms with E-state index in [0.29, 0.717) is 50.8 Å². The molecule has 2 aliphatic heterocycles. The first-order valence-corrected chi connectivity index (χ1v) is 10.7. The zero-order valence-electron chi connectivity index (χ0n) is 15.2. The number of morpholine rings is 1. The topological polar surface area (TPSA) is 79.0 Å². The summed E-state index contributed by atoms with van der Waals surface area (Å²) < 4.78 is 32.8. The van der Waals surface area contributed by atoms with E-state index in [1.165, 1.54) is 9.87 Å². The Kier molecular flexibility index (Phi) is 6.43. The molecule has 150 valence electrons. The molecule has 1 N–H and O–H groups in total. The molecule has 1 aliphatic carbocycles. The van der Waals surface area contributed by atoms with Crippen molar-refractivity contribution in [1.82, 2.24) is 14.5 Å². The number of carbonyl (C=O) groups excluding carboxylic acids is 1. The van der Waals surface area contributed by atoms with Gasteiger partial charge in [-0.3, -0.25) is 4.79 Å². The van der Waals surface area contributed by atoms with E-state index in [2.05, 4.69) is 5.32 Å². The number of aryl methyl sites for hydroxylation is 2. The lowest BCUT2D eigenvalue weighted by molar-refractivity contribution is -0.137. The SMILES string of the molecule is Cl.O=C(C1COCCN1)N1CCN(S(=O)(=O)c2ccc3c(c2)CCC3)CC1. The van der Waals surface area contributed by atoms with Gasteiger partial charge >= 0.3 is 0 Å². The molecular formula is C18H26ClN3O4S. The normalized spacial score (nSPS) is 23.6. The third-order valence-corrected chi connectivity index (χ3v) is 7.37. The van der Waals surface area contributed by atoms with E-state index in [0.717, 1.165) is 24.8 Å². The summed E-state index contributed by atoms with van der Waals surface area (Å²) in [6.45, 7) is 3.17. The molecule has 0 aromatic heterocycles. The highest BCUT2D eigenvalue weighted by atomic mass is 35.5. The number of piperazine rings is 1. The molecule has 1 atom stereocenters. The van der Waals surface area contributed by atoms with Crippen LogP contribution in [0, 0.1) is 0 Å². The standard InChI is InChI=1S/C18H25N3O4S.ClH/c22-18(17-13-25-11-6-19-17)20-7-9-21(10-8-20)26(23,24)16-5-4-14-2-1-3-15(14)12-16;/h4-5,12,17,19H,1-3,6-11,13H2;1H. The smallest absolute Gasteiger partial charge is 0.243 e. The number of amides is 1. The summed E-state index contributed by atoms with van der Waals surface area (Å²) in [5.74, 6) is -0.000668. The van der Waals surface area contributed by atoms with E-state index in [1.807, 2.05) is 12.1 Å². The number of nitrogens with zero attached hydrogens (tertiary/aromatic N) is 2. The van der Waals surface area contributed by atoms with E-state index in [1.54, 1.807) is 11.0 Å². The van der Waals surface area contributed by atoms with Crippen LogP contribution in [0.5, 0.6) is 0 Å². The van der Waals surface area contributed by atoms with Gasteiger partial charge in [0.2, 0.25) is 15.9 Å². The van der Waals surface area contributed by atoms with Crippen molar-refractivity contribution in [3.63, 3.8) is 0 Å². The fourth-order valence-corrected chi connectivity index (χ4v) is 5.42. The zero-order chi connectivity index (χ0) is 18.1. The minimum Gasteiger partial charge on any atom is -0.378 e. The molecule has 1 unspecified atom stereocenters. The summed E-state index contributed by atoms with van der Waals surface area (Å²) in [6, 6.07) is 5.19. The molecule has 1 aromatic carbocycles. The van der Waals surface area contributed by atoms with Crippen LogP contribution in [0.2, 0.25) is 0 Å². The molecule has 4 rings (SSSR count). The van der Waals surface area contributed by atoms with Crippen molar-refractivity contribution in [1.29, 1.82) is 0 Å². The Hall–Kier alpha value is -1.19. The van der Waals surface area contributed by atoms with E-state index in [-0.39, 0.29) is 24.4 Å². The van der Waals surface area contributed by atoms with Crippen LogP contribution in [0.3, 0.4) is 0 Å². The Balaban J connectivity index is 0.00000210. The second-order valence-electron chi connectivity index (χ2n) is 7.10. The summed E-state index contributed by atoms with van der Waals surface area (Å²) in [6.07, 6.45) is 3.09. The number of benzene rings is 1. The molecule has 2 fully saturated rings. The highest BCUT2D eigenvalue weighted by molar-refractivity contribution is 7.89. The third kappa shape index (κ3) is 4.14. The van der Waals surface area contributed by atoms with Crippen LogP contribution in [0.4, 0.5) is 0 Å². The number of nitrogens with one attached hydrogen (secondary N) is 1. The van der Waals surface area contributed by atoms with Gasteiger partial charge in [0.25, 0.3) is 0 Å². The van der Waals surface area contributed by atoms with Crippen LogP contribution in [0.15, 0.2) is 23.1 Å². The van der Waals surface area contributed by atoms with Gasteiger partial charge < -0.3 is 15.0 Å². The van der Waals surface area contributed by atoms with Crippen molar-refractivity contribution in [3.05, 3.63) is 29.3 Å². The predicted octanol–water partition coefficient (Wildman–Crippen LogP) is 0.418. The number of hydrogen-bond acceptors (Lipinski definition) is 5. The van der Waals surface area contributed by atoms with Gasteiger partial charge in [-0.15, -0.1) is 12.4 Å². The monoisotopic (exact) mass is 415 g/mol. The molecule has 2 heterocycles. The maximum absolute atomic E-state index is 13.0. The van der Waals surface area contributed by atoms with Crippen LogP contribution >= 0.6 is 12.4 Å². The van der Waals surface area contributed by atoms with E-state index in [4.69, 9.17) is 4.74 Å². The number of halogens is 1. The molecule has 7 nitrogen and oxygen atoms in total. The largest absolute Gasteiger partial charge is 0.378 e. The molecule has 0 saturated carbocycles. The summed E-state index contributed by atoms with van der Waals surface area (Å²) in [5, 5.41) is 3.16. The van der Waals surface area contributed by atoms with Gasteiger partial charge in [0.1, 0.15) is 6.04 Å². The van der Waals surface area contributed by atoms with Crippen molar-refractivity contribution in [2.45, 2.75) is 30.2 Å². The predicted molar refractivity (Wildman–Crippen MR) is 104 cm³/mol. The second kappa shape index (κ2) is 8.45. The van der Waals surface area contributed by atoms with Crippen molar-refractivity contribution < 1.29 is 17.9 Å². The van der Waals surface area contributed by atoms with Crippen LogP contribution in [0.1, 0.15) is 17.5 Å². The first-order valence-electron chi connectivity index (χ1n) is 9.27. The van der Waals surface area contributed by atoms with Crippen molar-refractivity contribution in [3.8, 4) is 0 Å². The molecule has 1 amide bonds. The molecule has 27 heavy (non-hydrogen) atoms. The lowest BCUT2D eigenvalue weighted by Gasteiger charge is -2.36. The Bertz CT molecular complexity index is 788. The second-order valence-corrected chi connectivity index (χ2v) is 9.03. The molecule has 3 aliphatic rings. The molecular weight excluding hydrogens is 390 g/mol. The van der Waals surface area contributed by atoms with E-state index < -0.39 is 10.0 Å². The van der Waals surface area contributed by atoms with Gasteiger partial charge in [-0.1, -0.05) is 6.07 Å². The maximum atomic E-state index is 13.0. The fourth-order valence-electron chi connectivity index (χ4n) is 3.95. The Morgan fingerprint density at radius 3 is 2.56 bits per heavy atom. The molecule has 0 radical (unpaired) electrons. The quantitative estimate of drug-likeness (QED) is 0.774. The average Bonchev–Trinajstić information content (AvgIpc) is 3.16.